The summed E-state index contributed by atoms with van der Waals surface area (Å²) in [5, 5.41) is 5.18. The molecule has 0 fully saturated rings. The summed E-state index contributed by atoms with van der Waals surface area (Å²) in [6.45, 7) is 3.98. The van der Waals surface area contributed by atoms with Crippen molar-refractivity contribution in [3.8, 4) is 11.4 Å². The number of nitrogens with one attached hydrogen (secondary N) is 1. The fourth-order valence-electron chi connectivity index (χ4n) is 1.66. The lowest BCUT2D eigenvalue weighted by Crippen LogP contribution is -2.40. The van der Waals surface area contributed by atoms with E-state index in [2.05, 4.69) is 15.3 Å². The number of rotatable bonds is 5. The van der Waals surface area contributed by atoms with E-state index in [1.165, 1.54) is 11.3 Å². The maximum atomic E-state index is 12.0. The predicted octanol–water partition coefficient (Wildman–Crippen LogP) is 2.94. The summed E-state index contributed by atoms with van der Waals surface area (Å²) in [5.74, 6) is -0.0495. The summed E-state index contributed by atoms with van der Waals surface area (Å²) in [7, 11) is 0. The molecule has 114 valence electrons. The second kappa shape index (κ2) is 8.07. The number of hydrogen-bond acceptors (Lipinski definition) is 5. The zero-order chi connectivity index (χ0) is 14.5. The van der Waals surface area contributed by atoms with Crippen molar-refractivity contribution in [3.63, 3.8) is 0 Å². The highest BCUT2D eigenvalue weighted by atomic mass is 35.5. The predicted molar refractivity (Wildman–Crippen MR) is 88.7 cm³/mol. The van der Waals surface area contributed by atoms with Crippen LogP contribution in [0.1, 0.15) is 20.3 Å². The summed E-state index contributed by atoms with van der Waals surface area (Å²) >= 11 is 1.37. The van der Waals surface area contributed by atoms with E-state index in [-0.39, 0.29) is 24.2 Å². The van der Waals surface area contributed by atoms with Crippen LogP contribution in [0.3, 0.4) is 0 Å². The average molecular weight is 327 g/mol. The van der Waals surface area contributed by atoms with E-state index in [9.17, 15) is 4.79 Å². The molecule has 2 unspecified atom stereocenters. The lowest BCUT2D eigenvalue weighted by Gasteiger charge is -2.16. The molecule has 5 nitrogen and oxygen atoms in total. The fraction of sp³-hybridized carbons (Fsp3) is 0.357. The second-order valence-corrected chi connectivity index (χ2v) is 5.51. The molecule has 21 heavy (non-hydrogen) atoms. The molecule has 3 N–H and O–H groups in total. The summed E-state index contributed by atoms with van der Waals surface area (Å²) in [6.07, 6.45) is 2.58. The molecule has 0 aliphatic carbocycles. The monoisotopic (exact) mass is 326 g/mol. The molecule has 1 amide bonds. The van der Waals surface area contributed by atoms with E-state index in [4.69, 9.17) is 5.73 Å². The zero-order valence-corrected chi connectivity index (χ0v) is 13.6. The van der Waals surface area contributed by atoms with Crippen molar-refractivity contribution in [1.29, 1.82) is 0 Å². The number of anilines is 1. The number of pyridine rings is 1. The molecule has 0 bridgehead atoms. The first-order valence-electron chi connectivity index (χ1n) is 6.55. The Labute approximate surface area is 134 Å². The van der Waals surface area contributed by atoms with Gasteiger partial charge in [-0.15, -0.1) is 23.7 Å². The van der Waals surface area contributed by atoms with Gasteiger partial charge in [-0.25, -0.2) is 4.98 Å². The molecule has 0 saturated carbocycles. The zero-order valence-electron chi connectivity index (χ0n) is 11.9. The maximum absolute atomic E-state index is 12.0. The van der Waals surface area contributed by atoms with Crippen molar-refractivity contribution in [2.45, 2.75) is 26.3 Å². The van der Waals surface area contributed by atoms with Crippen LogP contribution in [-0.2, 0) is 4.79 Å². The van der Waals surface area contributed by atoms with Gasteiger partial charge in [-0.3, -0.25) is 9.78 Å². The Kier molecular flexibility index (Phi) is 6.74. The SMILES string of the molecule is CCC(C)C(N)C(=O)Nc1nc(-c2ccccn2)cs1.Cl. The maximum Gasteiger partial charge on any atom is 0.243 e. The minimum Gasteiger partial charge on any atom is -0.320 e. The Hall–Kier alpha value is -1.50. The van der Waals surface area contributed by atoms with Crippen molar-refractivity contribution >= 4 is 34.8 Å². The molecule has 0 spiro atoms. The standard InChI is InChI=1S/C14H18N4OS.ClH/c1-3-9(2)12(15)13(19)18-14-17-11(8-20-14)10-6-4-5-7-16-10;/h4-9,12H,3,15H2,1-2H3,(H,17,18,19);1H. The second-order valence-electron chi connectivity index (χ2n) is 4.65. The minimum absolute atomic E-state index is 0. The van der Waals surface area contributed by atoms with Gasteiger partial charge in [0.25, 0.3) is 0 Å². The quantitative estimate of drug-likeness (QED) is 0.885. The highest BCUT2D eigenvalue weighted by Crippen LogP contribution is 2.23. The van der Waals surface area contributed by atoms with Crippen LogP contribution in [0.4, 0.5) is 5.13 Å². The van der Waals surface area contributed by atoms with Crippen LogP contribution < -0.4 is 11.1 Å². The third kappa shape index (κ3) is 4.49. The number of halogens is 1. The number of hydrogen-bond donors (Lipinski definition) is 2. The van der Waals surface area contributed by atoms with E-state index in [1.54, 1.807) is 6.20 Å². The molecular formula is C14H19ClN4OS. The number of nitrogens with zero attached hydrogens (tertiary/aromatic N) is 2. The Bertz CT molecular complexity index is 575. The van der Waals surface area contributed by atoms with Crippen LogP contribution in [-0.4, -0.2) is 21.9 Å². The Morgan fingerprint density at radius 2 is 2.19 bits per heavy atom. The van der Waals surface area contributed by atoms with Gasteiger partial charge in [0.05, 0.1) is 11.7 Å². The van der Waals surface area contributed by atoms with Gasteiger partial charge in [0, 0.05) is 11.6 Å². The van der Waals surface area contributed by atoms with Crippen molar-refractivity contribution in [3.05, 3.63) is 29.8 Å². The summed E-state index contributed by atoms with van der Waals surface area (Å²) < 4.78 is 0. The van der Waals surface area contributed by atoms with Crippen LogP contribution in [0.5, 0.6) is 0 Å². The van der Waals surface area contributed by atoms with Crippen molar-refractivity contribution < 1.29 is 4.79 Å². The molecule has 0 aliphatic heterocycles. The number of thiazole rings is 1. The normalized spacial score (nSPS) is 13.1. The molecule has 0 aliphatic rings. The van der Waals surface area contributed by atoms with Crippen LogP contribution in [0.2, 0.25) is 0 Å². The van der Waals surface area contributed by atoms with E-state index < -0.39 is 6.04 Å². The largest absolute Gasteiger partial charge is 0.320 e. The van der Waals surface area contributed by atoms with Gasteiger partial charge in [-0.1, -0.05) is 26.3 Å². The van der Waals surface area contributed by atoms with Crippen LogP contribution in [0.25, 0.3) is 11.4 Å². The smallest absolute Gasteiger partial charge is 0.243 e. The van der Waals surface area contributed by atoms with Gasteiger partial charge in [-0.05, 0) is 18.1 Å². The van der Waals surface area contributed by atoms with Gasteiger partial charge in [-0.2, -0.15) is 0 Å². The van der Waals surface area contributed by atoms with Gasteiger partial charge in [0.15, 0.2) is 5.13 Å². The summed E-state index contributed by atoms with van der Waals surface area (Å²) in [6, 6.07) is 5.12. The molecule has 0 aromatic carbocycles. The first kappa shape index (κ1) is 17.6. The first-order chi connectivity index (χ1) is 9.61. The minimum atomic E-state index is -0.512. The van der Waals surface area contributed by atoms with E-state index in [0.717, 1.165) is 17.8 Å². The average Bonchev–Trinajstić information content (AvgIpc) is 2.95. The van der Waals surface area contributed by atoms with Crippen molar-refractivity contribution in [2.75, 3.05) is 5.32 Å². The molecule has 0 saturated heterocycles. The highest BCUT2D eigenvalue weighted by Gasteiger charge is 2.20. The van der Waals surface area contributed by atoms with Crippen molar-refractivity contribution in [2.24, 2.45) is 11.7 Å². The molecule has 2 aromatic heterocycles. The molecular weight excluding hydrogens is 308 g/mol. The third-order valence-corrected chi connectivity index (χ3v) is 3.98. The molecule has 2 heterocycles. The van der Waals surface area contributed by atoms with E-state index in [0.29, 0.717) is 5.13 Å². The third-order valence-electron chi connectivity index (χ3n) is 3.22. The van der Waals surface area contributed by atoms with Crippen molar-refractivity contribution in [1.82, 2.24) is 9.97 Å². The molecule has 7 heteroatoms. The van der Waals surface area contributed by atoms with E-state index in [1.807, 2.05) is 37.4 Å². The Balaban J connectivity index is 0.00000220. The Morgan fingerprint density at radius 1 is 1.43 bits per heavy atom. The highest BCUT2D eigenvalue weighted by molar-refractivity contribution is 7.14. The van der Waals surface area contributed by atoms with Crippen LogP contribution >= 0.6 is 23.7 Å². The molecule has 2 aromatic rings. The number of nitrogens with two attached hydrogens (primary N) is 1. The number of amides is 1. The lowest BCUT2D eigenvalue weighted by molar-refractivity contribution is -0.118. The van der Waals surface area contributed by atoms with Crippen LogP contribution in [0, 0.1) is 5.92 Å². The molecule has 2 rings (SSSR count). The van der Waals surface area contributed by atoms with Gasteiger partial charge in [0.2, 0.25) is 5.91 Å². The van der Waals surface area contributed by atoms with Crippen LogP contribution in [0.15, 0.2) is 29.8 Å². The topological polar surface area (TPSA) is 80.9 Å². The Morgan fingerprint density at radius 3 is 2.81 bits per heavy atom. The number of carbonyl (C=O) groups is 1. The summed E-state index contributed by atoms with van der Waals surface area (Å²) in [5.41, 5.74) is 7.43. The van der Waals surface area contributed by atoms with Gasteiger partial charge >= 0.3 is 0 Å². The van der Waals surface area contributed by atoms with E-state index >= 15 is 0 Å². The van der Waals surface area contributed by atoms with Gasteiger partial charge in [0.1, 0.15) is 5.69 Å². The number of aromatic nitrogens is 2. The lowest BCUT2D eigenvalue weighted by atomic mass is 10.00. The number of carbonyl (C=O) groups excluding carboxylic acids is 1. The molecule has 2 atom stereocenters. The molecule has 0 radical (unpaired) electrons. The first-order valence-corrected chi connectivity index (χ1v) is 7.43. The van der Waals surface area contributed by atoms with Gasteiger partial charge < -0.3 is 11.1 Å². The summed E-state index contributed by atoms with van der Waals surface area (Å²) in [4.78, 5) is 20.6. The fourth-order valence-corrected chi connectivity index (χ4v) is 2.37.